The van der Waals surface area contributed by atoms with Gasteiger partial charge in [0.25, 0.3) is 0 Å². The standard InChI is InChI=1S/C23H26F6N6O3/c1-14(33-18-9-32-31-8-17(18)23(27,28)29)12-37-5-2-21(36)35-4-3-34-11-19-20(38-13-16(34)10-35)6-15(7-30-19)22(24,25)26/h6-9,14,16H,2-5,10-13H2,1H3,(H,31,33)/t14-,16+/m0/s1. The van der Waals surface area contributed by atoms with Crippen molar-refractivity contribution in [2.24, 2.45) is 0 Å². The van der Waals surface area contributed by atoms with Gasteiger partial charge in [-0.3, -0.25) is 14.7 Å². The molecule has 2 atom stereocenters. The molecule has 2 aliphatic rings. The summed E-state index contributed by atoms with van der Waals surface area (Å²) in [7, 11) is 0. The molecule has 0 bridgehead atoms. The number of rotatable bonds is 7. The average Bonchev–Trinajstić information content (AvgIpc) is 3.04. The van der Waals surface area contributed by atoms with Crippen molar-refractivity contribution in [1.82, 2.24) is 25.0 Å². The molecule has 4 heterocycles. The number of piperazine rings is 1. The molecule has 0 aliphatic carbocycles. The number of carbonyl (C=O) groups excluding carboxylic acids is 1. The normalized spacial score (nSPS) is 19.1. The van der Waals surface area contributed by atoms with E-state index in [2.05, 4.69) is 20.5 Å². The quantitative estimate of drug-likeness (QED) is 0.417. The van der Waals surface area contributed by atoms with Gasteiger partial charge in [-0.2, -0.15) is 36.5 Å². The number of hydrogen-bond acceptors (Lipinski definition) is 8. The summed E-state index contributed by atoms with van der Waals surface area (Å²) in [5.41, 5.74) is -1.61. The van der Waals surface area contributed by atoms with Crippen LogP contribution in [0.15, 0.2) is 24.7 Å². The van der Waals surface area contributed by atoms with Crippen LogP contribution in [-0.2, 0) is 28.4 Å². The number of ether oxygens (including phenoxy) is 2. The van der Waals surface area contributed by atoms with Crippen LogP contribution in [0.3, 0.4) is 0 Å². The van der Waals surface area contributed by atoms with Crippen molar-refractivity contribution in [1.29, 1.82) is 0 Å². The van der Waals surface area contributed by atoms with Crippen LogP contribution in [-0.4, -0.2) is 82.4 Å². The minimum atomic E-state index is -4.58. The lowest BCUT2D eigenvalue weighted by Gasteiger charge is -2.39. The fourth-order valence-electron chi connectivity index (χ4n) is 4.28. The number of nitrogens with one attached hydrogen (secondary N) is 1. The van der Waals surface area contributed by atoms with Gasteiger partial charge in [0.05, 0.1) is 55.0 Å². The lowest BCUT2D eigenvalue weighted by molar-refractivity contribution is -0.138. The van der Waals surface area contributed by atoms with E-state index in [1.165, 1.54) is 0 Å². The van der Waals surface area contributed by atoms with E-state index in [4.69, 9.17) is 9.47 Å². The summed E-state index contributed by atoms with van der Waals surface area (Å²) in [5.74, 6) is -0.0738. The van der Waals surface area contributed by atoms with Crippen LogP contribution in [0, 0.1) is 0 Å². The van der Waals surface area contributed by atoms with Crippen LogP contribution in [0.5, 0.6) is 5.75 Å². The molecule has 0 spiro atoms. The molecule has 4 rings (SSSR count). The van der Waals surface area contributed by atoms with E-state index in [0.717, 1.165) is 18.5 Å². The van der Waals surface area contributed by atoms with Crippen LogP contribution >= 0.6 is 0 Å². The van der Waals surface area contributed by atoms with E-state index < -0.39 is 29.5 Å². The highest BCUT2D eigenvalue weighted by atomic mass is 19.4. The number of aromatic nitrogens is 3. The van der Waals surface area contributed by atoms with E-state index in [1.54, 1.807) is 11.8 Å². The molecule has 0 unspecified atom stereocenters. The number of pyridine rings is 1. The zero-order valence-corrected chi connectivity index (χ0v) is 20.3. The van der Waals surface area contributed by atoms with Crippen molar-refractivity contribution in [2.45, 2.75) is 44.3 Å². The number of hydrogen-bond donors (Lipinski definition) is 1. The molecular weight excluding hydrogens is 522 g/mol. The number of anilines is 1. The zero-order chi connectivity index (χ0) is 27.5. The molecule has 208 valence electrons. The van der Waals surface area contributed by atoms with Crippen LogP contribution in [0.1, 0.15) is 30.2 Å². The maximum Gasteiger partial charge on any atom is 0.420 e. The fraction of sp³-hybridized carbons (Fsp3) is 0.565. The van der Waals surface area contributed by atoms with Gasteiger partial charge < -0.3 is 19.7 Å². The average molecular weight is 548 g/mol. The van der Waals surface area contributed by atoms with E-state index in [9.17, 15) is 31.1 Å². The van der Waals surface area contributed by atoms with Crippen LogP contribution in [0.25, 0.3) is 0 Å². The van der Waals surface area contributed by atoms with Crippen molar-refractivity contribution in [3.05, 3.63) is 41.5 Å². The SMILES string of the molecule is C[C@@H](COCCC(=O)N1CCN2Cc3ncc(C(F)(F)F)cc3OC[C@H]2C1)Nc1cnncc1C(F)(F)F. The van der Waals surface area contributed by atoms with E-state index in [0.29, 0.717) is 38.1 Å². The number of alkyl halides is 6. The molecule has 2 aromatic rings. The first kappa shape index (κ1) is 27.8. The van der Waals surface area contributed by atoms with Crippen molar-refractivity contribution < 1.29 is 40.6 Å². The van der Waals surface area contributed by atoms with Gasteiger partial charge in [0.2, 0.25) is 5.91 Å². The van der Waals surface area contributed by atoms with Crippen molar-refractivity contribution in [3.63, 3.8) is 0 Å². The Kier molecular flexibility index (Phi) is 8.25. The van der Waals surface area contributed by atoms with Crippen LogP contribution in [0.2, 0.25) is 0 Å². The minimum Gasteiger partial charge on any atom is -0.490 e. The molecule has 1 amide bonds. The Balaban J connectivity index is 1.22. The van der Waals surface area contributed by atoms with Crippen LogP contribution < -0.4 is 10.1 Å². The predicted molar refractivity (Wildman–Crippen MR) is 121 cm³/mol. The van der Waals surface area contributed by atoms with Crippen molar-refractivity contribution in [3.8, 4) is 5.75 Å². The number of nitrogens with zero attached hydrogens (tertiary/aromatic N) is 5. The number of amides is 1. The summed E-state index contributed by atoms with van der Waals surface area (Å²) in [6.45, 7) is 3.47. The van der Waals surface area contributed by atoms with E-state index >= 15 is 0 Å². The second-order valence-electron chi connectivity index (χ2n) is 9.13. The molecule has 9 nitrogen and oxygen atoms in total. The highest BCUT2D eigenvalue weighted by Gasteiger charge is 2.36. The van der Waals surface area contributed by atoms with Gasteiger partial charge in [-0.1, -0.05) is 0 Å². The molecule has 15 heteroatoms. The summed E-state index contributed by atoms with van der Waals surface area (Å²) < 4.78 is 89.4. The number of carbonyl (C=O) groups is 1. The van der Waals surface area contributed by atoms with Gasteiger partial charge in [0, 0.05) is 38.4 Å². The lowest BCUT2D eigenvalue weighted by atomic mass is 10.1. The summed E-state index contributed by atoms with van der Waals surface area (Å²) in [5, 5.41) is 9.45. The molecular formula is C23H26F6N6O3. The molecule has 2 aromatic heterocycles. The minimum absolute atomic E-state index is 0.0579. The second-order valence-corrected chi connectivity index (χ2v) is 9.13. The summed E-state index contributed by atoms with van der Waals surface area (Å²) in [6, 6.07) is 0.250. The van der Waals surface area contributed by atoms with Crippen LogP contribution in [0.4, 0.5) is 32.0 Å². The number of fused-ring (bicyclic) bond motifs is 2. The first-order valence-electron chi connectivity index (χ1n) is 11.8. The van der Waals surface area contributed by atoms with E-state index in [-0.39, 0.29) is 49.6 Å². The third-order valence-electron chi connectivity index (χ3n) is 6.27. The Morgan fingerprint density at radius 3 is 2.66 bits per heavy atom. The first-order valence-corrected chi connectivity index (χ1v) is 11.8. The molecule has 38 heavy (non-hydrogen) atoms. The molecule has 0 saturated carbocycles. The summed E-state index contributed by atoms with van der Waals surface area (Å²) in [4.78, 5) is 20.3. The molecule has 1 saturated heterocycles. The third-order valence-corrected chi connectivity index (χ3v) is 6.27. The Morgan fingerprint density at radius 2 is 1.92 bits per heavy atom. The smallest absolute Gasteiger partial charge is 0.420 e. The Bertz CT molecular complexity index is 1130. The molecule has 1 N–H and O–H groups in total. The Morgan fingerprint density at radius 1 is 1.16 bits per heavy atom. The molecule has 0 aromatic carbocycles. The van der Waals surface area contributed by atoms with Crippen molar-refractivity contribution >= 4 is 11.6 Å². The molecule has 2 aliphatic heterocycles. The Hall–Kier alpha value is -3.20. The predicted octanol–water partition coefficient (Wildman–Crippen LogP) is 3.22. The summed E-state index contributed by atoms with van der Waals surface area (Å²) >= 11 is 0. The third kappa shape index (κ3) is 6.81. The largest absolute Gasteiger partial charge is 0.490 e. The highest BCUT2D eigenvalue weighted by molar-refractivity contribution is 5.76. The van der Waals surface area contributed by atoms with Gasteiger partial charge in [-0.15, -0.1) is 0 Å². The monoisotopic (exact) mass is 548 g/mol. The van der Waals surface area contributed by atoms with Gasteiger partial charge in [0.1, 0.15) is 17.9 Å². The van der Waals surface area contributed by atoms with E-state index in [1.807, 2.05) is 4.90 Å². The zero-order valence-electron chi connectivity index (χ0n) is 20.3. The topological polar surface area (TPSA) is 92.7 Å². The maximum atomic E-state index is 13.1. The molecule has 0 radical (unpaired) electrons. The van der Waals surface area contributed by atoms with Gasteiger partial charge in [-0.05, 0) is 13.0 Å². The van der Waals surface area contributed by atoms with Gasteiger partial charge >= 0.3 is 12.4 Å². The fourth-order valence-corrected chi connectivity index (χ4v) is 4.28. The first-order chi connectivity index (χ1) is 17.9. The van der Waals surface area contributed by atoms with Gasteiger partial charge in [0.15, 0.2) is 0 Å². The van der Waals surface area contributed by atoms with Gasteiger partial charge in [-0.25, -0.2) is 0 Å². The lowest BCUT2D eigenvalue weighted by Crippen LogP contribution is -2.55. The van der Waals surface area contributed by atoms with Crippen molar-refractivity contribution in [2.75, 3.05) is 44.8 Å². The Labute approximate surface area is 214 Å². The molecule has 1 fully saturated rings. The summed E-state index contributed by atoms with van der Waals surface area (Å²) in [6.07, 6.45) is -6.61. The second kappa shape index (κ2) is 11.3. The highest BCUT2D eigenvalue weighted by Crippen LogP contribution is 2.35. The number of halogens is 6. The maximum absolute atomic E-state index is 13.1.